The number of benzene rings is 2. The van der Waals surface area contributed by atoms with Crippen LogP contribution in [0.3, 0.4) is 0 Å². The molecule has 0 aliphatic carbocycles. The van der Waals surface area contributed by atoms with Crippen LogP contribution in [0.4, 0.5) is 5.69 Å². The van der Waals surface area contributed by atoms with E-state index in [-0.39, 0.29) is 0 Å². The molecule has 0 spiro atoms. The van der Waals surface area contributed by atoms with E-state index in [4.69, 9.17) is 5.73 Å². The number of rotatable bonds is 3. The first kappa shape index (κ1) is 10.5. The Morgan fingerprint density at radius 1 is 0.875 bits per heavy atom. The van der Waals surface area contributed by atoms with Crippen molar-refractivity contribution >= 4 is 11.8 Å². The number of hydrogen-bond donors (Lipinski definition) is 1. The summed E-state index contributed by atoms with van der Waals surface area (Å²) >= 11 is 0. The number of para-hydroxylation sites is 1. The van der Waals surface area contributed by atoms with E-state index in [1.807, 2.05) is 30.3 Å². The van der Waals surface area contributed by atoms with Gasteiger partial charge in [-0.3, -0.25) is 0 Å². The smallest absolute Gasteiger partial charge is 0.0387 e. The third-order valence-corrected chi connectivity index (χ3v) is 2.49. The number of anilines is 1. The molecule has 0 radical (unpaired) electrons. The molecule has 0 aromatic heterocycles. The average Bonchev–Trinajstić information content (AvgIpc) is 2.33. The minimum atomic E-state index is 0.826. The summed E-state index contributed by atoms with van der Waals surface area (Å²) in [7, 11) is 0. The first-order valence-electron chi connectivity index (χ1n) is 5.41. The molecule has 0 bridgehead atoms. The Hall–Kier alpha value is -2.02. The minimum Gasteiger partial charge on any atom is -0.398 e. The van der Waals surface area contributed by atoms with E-state index >= 15 is 0 Å². The molecule has 2 aromatic carbocycles. The van der Waals surface area contributed by atoms with Gasteiger partial charge in [-0.2, -0.15) is 0 Å². The molecule has 2 aromatic rings. The van der Waals surface area contributed by atoms with Crippen LogP contribution in [0.1, 0.15) is 11.1 Å². The zero-order valence-corrected chi connectivity index (χ0v) is 9.14. The van der Waals surface area contributed by atoms with Gasteiger partial charge in [0.05, 0.1) is 0 Å². The summed E-state index contributed by atoms with van der Waals surface area (Å²) in [6.07, 6.45) is 5.15. The SMILES string of the molecule is Nc1ccccc1/C=C\Cc1ccccc1. The highest BCUT2D eigenvalue weighted by molar-refractivity contribution is 5.64. The Labute approximate surface area is 96.2 Å². The van der Waals surface area contributed by atoms with Gasteiger partial charge in [-0.15, -0.1) is 0 Å². The second-order valence-corrected chi connectivity index (χ2v) is 3.72. The fourth-order valence-electron chi connectivity index (χ4n) is 1.60. The maximum Gasteiger partial charge on any atom is 0.0387 e. The van der Waals surface area contributed by atoms with E-state index in [2.05, 4.69) is 36.4 Å². The lowest BCUT2D eigenvalue weighted by Gasteiger charge is -1.98. The zero-order chi connectivity index (χ0) is 11.2. The standard InChI is InChI=1S/C15H15N/c16-15-12-5-4-10-14(15)11-6-9-13-7-2-1-3-8-13/h1-8,10-12H,9,16H2/b11-6-. The lowest BCUT2D eigenvalue weighted by Crippen LogP contribution is -1.87. The van der Waals surface area contributed by atoms with Gasteiger partial charge in [-0.05, 0) is 23.6 Å². The Bertz CT molecular complexity index is 472. The molecule has 0 amide bonds. The highest BCUT2D eigenvalue weighted by atomic mass is 14.5. The van der Waals surface area contributed by atoms with Crippen molar-refractivity contribution in [1.82, 2.24) is 0 Å². The summed E-state index contributed by atoms with van der Waals surface area (Å²) in [5.41, 5.74) is 9.07. The van der Waals surface area contributed by atoms with Crippen molar-refractivity contribution < 1.29 is 0 Å². The first-order valence-corrected chi connectivity index (χ1v) is 5.41. The van der Waals surface area contributed by atoms with Gasteiger partial charge in [0, 0.05) is 5.69 Å². The lowest BCUT2D eigenvalue weighted by molar-refractivity contribution is 1.28. The summed E-state index contributed by atoms with van der Waals surface area (Å²) in [6.45, 7) is 0. The number of allylic oxidation sites excluding steroid dienone is 1. The van der Waals surface area contributed by atoms with Crippen LogP contribution in [-0.4, -0.2) is 0 Å². The quantitative estimate of drug-likeness (QED) is 0.769. The van der Waals surface area contributed by atoms with Gasteiger partial charge in [-0.1, -0.05) is 60.7 Å². The van der Waals surface area contributed by atoms with Crippen LogP contribution < -0.4 is 5.73 Å². The molecule has 0 saturated heterocycles. The van der Waals surface area contributed by atoms with E-state index < -0.39 is 0 Å². The molecular formula is C15H15N. The molecule has 0 heterocycles. The molecule has 0 aliphatic rings. The summed E-state index contributed by atoms with van der Waals surface area (Å²) in [5.74, 6) is 0. The van der Waals surface area contributed by atoms with Gasteiger partial charge in [0.2, 0.25) is 0 Å². The third-order valence-electron chi connectivity index (χ3n) is 2.49. The monoisotopic (exact) mass is 209 g/mol. The molecule has 2 rings (SSSR count). The summed E-state index contributed by atoms with van der Waals surface area (Å²) in [6, 6.07) is 18.3. The molecule has 0 atom stereocenters. The highest BCUT2D eigenvalue weighted by Gasteiger charge is 1.91. The molecule has 16 heavy (non-hydrogen) atoms. The normalized spacial score (nSPS) is 10.8. The second kappa shape index (κ2) is 5.17. The Balaban J connectivity index is 2.03. The predicted octanol–water partition coefficient (Wildman–Crippen LogP) is 3.52. The molecule has 1 nitrogen and oxygen atoms in total. The van der Waals surface area contributed by atoms with Gasteiger partial charge in [0.25, 0.3) is 0 Å². The molecular weight excluding hydrogens is 194 g/mol. The van der Waals surface area contributed by atoms with Gasteiger partial charge in [-0.25, -0.2) is 0 Å². The fraction of sp³-hybridized carbons (Fsp3) is 0.0667. The zero-order valence-electron chi connectivity index (χ0n) is 9.14. The third kappa shape index (κ3) is 2.74. The van der Waals surface area contributed by atoms with Crippen LogP contribution in [0.5, 0.6) is 0 Å². The second-order valence-electron chi connectivity index (χ2n) is 3.72. The van der Waals surface area contributed by atoms with Crippen molar-refractivity contribution in [2.45, 2.75) is 6.42 Å². The topological polar surface area (TPSA) is 26.0 Å². The van der Waals surface area contributed by atoms with E-state index in [0.29, 0.717) is 0 Å². The van der Waals surface area contributed by atoms with Crippen LogP contribution in [0.15, 0.2) is 60.7 Å². The van der Waals surface area contributed by atoms with Crippen molar-refractivity contribution in [1.29, 1.82) is 0 Å². The molecule has 80 valence electrons. The van der Waals surface area contributed by atoms with Gasteiger partial charge in [0.15, 0.2) is 0 Å². The molecule has 0 aliphatic heterocycles. The summed E-state index contributed by atoms with van der Waals surface area (Å²) in [5, 5.41) is 0. The lowest BCUT2D eigenvalue weighted by atomic mass is 10.1. The van der Waals surface area contributed by atoms with Crippen molar-refractivity contribution in [3.8, 4) is 0 Å². The average molecular weight is 209 g/mol. The fourth-order valence-corrected chi connectivity index (χ4v) is 1.60. The van der Waals surface area contributed by atoms with E-state index in [9.17, 15) is 0 Å². The van der Waals surface area contributed by atoms with Crippen molar-refractivity contribution in [2.75, 3.05) is 5.73 Å². The number of nitrogen functional groups attached to an aromatic ring is 1. The Morgan fingerprint density at radius 2 is 1.56 bits per heavy atom. The highest BCUT2D eigenvalue weighted by Crippen LogP contribution is 2.12. The Morgan fingerprint density at radius 3 is 2.31 bits per heavy atom. The molecule has 2 N–H and O–H groups in total. The first-order chi connectivity index (χ1) is 7.86. The molecule has 1 heteroatoms. The van der Waals surface area contributed by atoms with Gasteiger partial charge < -0.3 is 5.73 Å². The van der Waals surface area contributed by atoms with Gasteiger partial charge >= 0.3 is 0 Å². The maximum atomic E-state index is 5.85. The number of hydrogen-bond acceptors (Lipinski definition) is 1. The summed E-state index contributed by atoms with van der Waals surface area (Å²) < 4.78 is 0. The molecule has 0 fully saturated rings. The largest absolute Gasteiger partial charge is 0.398 e. The summed E-state index contributed by atoms with van der Waals surface area (Å²) in [4.78, 5) is 0. The minimum absolute atomic E-state index is 0.826. The molecule has 0 saturated carbocycles. The van der Waals surface area contributed by atoms with Crippen LogP contribution in [0.25, 0.3) is 6.08 Å². The predicted molar refractivity (Wildman–Crippen MR) is 70.0 cm³/mol. The van der Waals surface area contributed by atoms with E-state index in [0.717, 1.165) is 17.7 Å². The van der Waals surface area contributed by atoms with E-state index in [1.165, 1.54) is 5.56 Å². The van der Waals surface area contributed by atoms with Crippen molar-refractivity contribution in [3.63, 3.8) is 0 Å². The maximum absolute atomic E-state index is 5.85. The van der Waals surface area contributed by atoms with Crippen LogP contribution >= 0.6 is 0 Å². The number of nitrogens with two attached hydrogens (primary N) is 1. The van der Waals surface area contributed by atoms with E-state index in [1.54, 1.807) is 0 Å². The van der Waals surface area contributed by atoms with Crippen LogP contribution in [0.2, 0.25) is 0 Å². The van der Waals surface area contributed by atoms with Crippen LogP contribution in [-0.2, 0) is 6.42 Å². The molecule has 0 unspecified atom stereocenters. The van der Waals surface area contributed by atoms with Crippen LogP contribution in [0, 0.1) is 0 Å². The van der Waals surface area contributed by atoms with Crippen molar-refractivity contribution in [2.24, 2.45) is 0 Å². The van der Waals surface area contributed by atoms with Gasteiger partial charge in [0.1, 0.15) is 0 Å². The van der Waals surface area contributed by atoms with Crippen molar-refractivity contribution in [3.05, 3.63) is 71.8 Å². The Kier molecular flexibility index (Phi) is 3.39.